The number of carbonyl (C=O) groups is 2. The van der Waals surface area contributed by atoms with E-state index in [1.807, 2.05) is 6.07 Å². The molecule has 9 heteroatoms. The molecule has 2 aromatic rings. The first-order valence-corrected chi connectivity index (χ1v) is 11.9. The van der Waals surface area contributed by atoms with Crippen LogP contribution in [0.5, 0.6) is 0 Å². The molecule has 0 aliphatic carbocycles. The Balaban J connectivity index is 1.33. The molecule has 176 valence electrons. The van der Waals surface area contributed by atoms with E-state index in [1.54, 1.807) is 17.0 Å². The molecule has 3 aliphatic heterocycles. The molecule has 2 saturated heterocycles. The van der Waals surface area contributed by atoms with E-state index in [0.717, 1.165) is 63.1 Å². The summed E-state index contributed by atoms with van der Waals surface area (Å²) in [6.45, 7) is 4.58. The van der Waals surface area contributed by atoms with Gasteiger partial charge in [-0.2, -0.15) is 5.26 Å². The van der Waals surface area contributed by atoms with Crippen LogP contribution in [-0.2, 0) is 6.42 Å². The van der Waals surface area contributed by atoms with Gasteiger partial charge in [-0.15, -0.1) is 0 Å². The minimum absolute atomic E-state index is 0.300. The van der Waals surface area contributed by atoms with Crippen LogP contribution in [0, 0.1) is 16.7 Å². The zero-order valence-corrected chi connectivity index (χ0v) is 19.5. The van der Waals surface area contributed by atoms with Gasteiger partial charge in [-0.3, -0.25) is 15.0 Å². The predicted molar refractivity (Wildman–Crippen MR) is 129 cm³/mol. The number of fused-ring (bicyclic) bond motifs is 1. The molecule has 9 nitrogen and oxygen atoms in total. The fourth-order valence-electron chi connectivity index (χ4n) is 5.54. The number of aryl methyl sites for hydroxylation is 1. The van der Waals surface area contributed by atoms with Crippen molar-refractivity contribution < 1.29 is 9.59 Å². The van der Waals surface area contributed by atoms with E-state index < -0.39 is 0 Å². The van der Waals surface area contributed by atoms with Gasteiger partial charge in [-0.05, 0) is 62.7 Å². The third kappa shape index (κ3) is 4.21. The standard InChI is InChI=1S/C25H29N7O2/c1-30-10-6-25(17-30)7-11-31(12-8-25)21-13-22(27-15-19(21)14-26)29-24(34)32-9-2-3-18-4-5-20(16-33)28-23(18)32/h4-5,13,15-16H,2-3,6-12,17H2,1H3,(H,27,29,34). The third-order valence-electron chi connectivity index (χ3n) is 7.46. The molecule has 0 aromatic carbocycles. The summed E-state index contributed by atoms with van der Waals surface area (Å²) < 4.78 is 0. The minimum atomic E-state index is -0.341. The number of nitrogens with zero attached hydrogens (tertiary/aromatic N) is 6. The van der Waals surface area contributed by atoms with Crippen LogP contribution >= 0.6 is 0 Å². The van der Waals surface area contributed by atoms with Crippen LogP contribution in [0.1, 0.15) is 47.3 Å². The van der Waals surface area contributed by atoms with Crippen molar-refractivity contribution in [3.05, 3.63) is 41.2 Å². The van der Waals surface area contributed by atoms with Gasteiger partial charge in [0.15, 0.2) is 6.29 Å². The highest BCUT2D eigenvalue weighted by Gasteiger charge is 2.39. The van der Waals surface area contributed by atoms with Crippen molar-refractivity contribution in [3.8, 4) is 6.07 Å². The van der Waals surface area contributed by atoms with Gasteiger partial charge in [0, 0.05) is 38.4 Å². The fraction of sp³-hybridized carbons (Fsp3) is 0.480. The number of anilines is 3. The first kappa shape index (κ1) is 22.3. The number of aromatic nitrogens is 2. The minimum Gasteiger partial charge on any atom is -0.370 e. The van der Waals surface area contributed by atoms with E-state index in [9.17, 15) is 14.9 Å². The van der Waals surface area contributed by atoms with Crippen LogP contribution in [0.25, 0.3) is 0 Å². The number of hydrogen-bond acceptors (Lipinski definition) is 7. The number of pyridine rings is 2. The molecule has 34 heavy (non-hydrogen) atoms. The molecular weight excluding hydrogens is 430 g/mol. The van der Waals surface area contributed by atoms with Crippen LogP contribution in [0.15, 0.2) is 24.4 Å². The van der Waals surface area contributed by atoms with Crippen molar-refractivity contribution >= 4 is 29.6 Å². The first-order valence-electron chi connectivity index (χ1n) is 11.9. The van der Waals surface area contributed by atoms with Crippen molar-refractivity contribution in [2.45, 2.75) is 32.1 Å². The van der Waals surface area contributed by atoms with E-state index in [0.29, 0.717) is 41.1 Å². The number of rotatable bonds is 3. The zero-order valence-electron chi connectivity index (χ0n) is 19.5. The highest BCUT2D eigenvalue weighted by molar-refractivity contribution is 6.01. The molecule has 0 bridgehead atoms. The average Bonchev–Trinajstić information content (AvgIpc) is 3.23. The Hall–Kier alpha value is -3.51. The normalized spacial score (nSPS) is 19.5. The summed E-state index contributed by atoms with van der Waals surface area (Å²) in [6, 6.07) is 7.24. The highest BCUT2D eigenvalue weighted by atomic mass is 16.2. The number of carbonyl (C=O) groups excluding carboxylic acids is 2. The lowest BCUT2D eigenvalue weighted by molar-refractivity contribution is 0.111. The quantitative estimate of drug-likeness (QED) is 0.703. The topological polar surface area (TPSA) is 105 Å². The van der Waals surface area contributed by atoms with Crippen molar-refractivity contribution in [1.82, 2.24) is 14.9 Å². The van der Waals surface area contributed by atoms with E-state index in [2.05, 4.69) is 38.2 Å². The summed E-state index contributed by atoms with van der Waals surface area (Å²) in [5.74, 6) is 0.920. The number of aldehydes is 1. The van der Waals surface area contributed by atoms with Gasteiger partial charge in [-0.1, -0.05) is 6.07 Å². The van der Waals surface area contributed by atoms with Crippen molar-refractivity contribution in [3.63, 3.8) is 0 Å². The Morgan fingerprint density at radius 3 is 2.71 bits per heavy atom. The molecule has 2 fully saturated rings. The zero-order chi connectivity index (χ0) is 23.7. The van der Waals surface area contributed by atoms with Gasteiger partial charge in [0.25, 0.3) is 0 Å². The van der Waals surface area contributed by atoms with Crippen LogP contribution in [0.2, 0.25) is 0 Å². The van der Waals surface area contributed by atoms with Gasteiger partial charge in [0.2, 0.25) is 0 Å². The summed E-state index contributed by atoms with van der Waals surface area (Å²) >= 11 is 0. The maximum absolute atomic E-state index is 13.1. The second-order valence-electron chi connectivity index (χ2n) is 9.70. The molecule has 0 radical (unpaired) electrons. The molecule has 2 amide bonds. The maximum Gasteiger partial charge on any atom is 0.328 e. The molecule has 0 saturated carbocycles. The largest absolute Gasteiger partial charge is 0.370 e. The molecule has 1 N–H and O–H groups in total. The highest BCUT2D eigenvalue weighted by Crippen LogP contribution is 2.41. The van der Waals surface area contributed by atoms with Gasteiger partial charge in [-0.25, -0.2) is 14.8 Å². The Morgan fingerprint density at radius 1 is 1.21 bits per heavy atom. The molecule has 3 aliphatic rings. The lowest BCUT2D eigenvalue weighted by Crippen LogP contribution is -2.42. The van der Waals surface area contributed by atoms with E-state index in [1.165, 1.54) is 12.6 Å². The maximum atomic E-state index is 13.1. The lowest BCUT2D eigenvalue weighted by atomic mass is 9.77. The first-order chi connectivity index (χ1) is 16.5. The van der Waals surface area contributed by atoms with E-state index in [-0.39, 0.29) is 6.03 Å². The second-order valence-corrected chi connectivity index (χ2v) is 9.70. The van der Waals surface area contributed by atoms with Crippen molar-refractivity contribution in [2.75, 3.05) is 54.9 Å². The third-order valence-corrected chi connectivity index (χ3v) is 7.46. The van der Waals surface area contributed by atoms with E-state index in [4.69, 9.17) is 0 Å². The fourth-order valence-corrected chi connectivity index (χ4v) is 5.54. The average molecular weight is 460 g/mol. The lowest BCUT2D eigenvalue weighted by Gasteiger charge is -2.40. The SMILES string of the molecule is CN1CCC2(CCN(c3cc(NC(=O)N4CCCc5ccc(C=O)nc54)ncc3C#N)CC2)C1. The molecule has 5 rings (SSSR count). The van der Waals surface area contributed by atoms with Gasteiger partial charge in [0.05, 0.1) is 11.3 Å². The summed E-state index contributed by atoms with van der Waals surface area (Å²) in [5, 5.41) is 12.5. The van der Waals surface area contributed by atoms with Crippen LogP contribution in [0.3, 0.4) is 0 Å². The van der Waals surface area contributed by atoms with Gasteiger partial charge >= 0.3 is 6.03 Å². The Kier molecular flexibility index (Phi) is 5.92. The molecule has 2 aromatic heterocycles. The number of hydrogen-bond donors (Lipinski definition) is 1. The molecule has 0 unspecified atom stereocenters. The number of nitriles is 1. The van der Waals surface area contributed by atoms with Gasteiger partial charge in [0.1, 0.15) is 23.4 Å². The number of amides is 2. The number of nitrogens with one attached hydrogen (secondary N) is 1. The Morgan fingerprint density at radius 2 is 2.00 bits per heavy atom. The molecule has 5 heterocycles. The summed E-state index contributed by atoms with van der Waals surface area (Å²) in [6.07, 6.45) is 7.29. The number of likely N-dealkylation sites (tertiary alicyclic amines) is 1. The smallest absolute Gasteiger partial charge is 0.328 e. The summed E-state index contributed by atoms with van der Waals surface area (Å²) in [7, 11) is 2.18. The second kappa shape index (κ2) is 9.03. The molecular formula is C25H29N7O2. The van der Waals surface area contributed by atoms with Gasteiger partial charge < -0.3 is 9.80 Å². The van der Waals surface area contributed by atoms with Crippen LogP contribution < -0.4 is 15.1 Å². The molecule has 0 atom stereocenters. The van der Waals surface area contributed by atoms with Crippen LogP contribution in [-0.4, -0.2) is 67.0 Å². The summed E-state index contributed by atoms with van der Waals surface area (Å²) in [4.78, 5) is 39.2. The Bertz CT molecular complexity index is 1150. The Labute approximate surface area is 199 Å². The summed E-state index contributed by atoms with van der Waals surface area (Å²) in [5.41, 5.74) is 2.96. The van der Waals surface area contributed by atoms with Crippen molar-refractivity contribution in [2.24, 2.45) is 5.41 Å². The van der Waals surface area contributed by atoms with Crippen molar-refractivity contribution in [1.29, 1.82) is 5.26 Å². The van der Waals surface area contributed by atoms with Crippen LogP contribution in [0.4, 0.5) is 22.1 Å². The van der Waals surface area contributed by atoms with E-state index >= 15 is 0 Å². The monoisotopic (exact) mass is 459 g/mol. The molecule has 1 spiro atoms. The predicted octanol–water partition coefficient (Wildman–Crippen LogP) is 3.07. The number of urea groups is 1. The number of piperidine rings is 1.